The van der Waals surface area contributed by atoms with Gasteiger partial charge >= 0.3 is 0 Å². The lowest BCUT2D eigenvalue weighted by Gasteiger charge is -2.35. The minimum Gasteiger partial charge on any atom is -0.486 e. The quantitative estimate of drug-likeness (QED) is 0.514. The highest BCUT2D eigenvalue weighted by molar-refractivity contribution is 5.80. The van der Waals surface area contributed by atoms with Crippen LogP contribution >= 0.6 is 0 Å². The van der Waals surface area contributed by atoms with E-state index in [-0.39, 0.29) is 35.5 Å². The number of carbonyl (C=O) groups excluding carboxylic acids is 1. The van der Waals surface area contributed by atoms with Crippen molar-refractivity contribution >= 4 is 11.9 Å². The highest BCUT2D eigenvalue weighted by Crippen LogP contribution is 2.18. The van der Waals surface area contributed by atoms with E-state index in [2.05, 4.69) is 29.5 Å². The van der Waals surface area contributed by atoms with Crippen molar-refractivity contribution < 1.29 is 13.9 Å². The summed E-state index contributed by atoms with van der Waals surface area (Å²) in [5.41, 5.74) is 0. The molecule has 0 radical (unpaired) electrons. The predicted octanol–water partition coefficient (Wildman–Crippen LogP) is 3.19. The molecular formula is C22H35FN4O2. The van der Waals surface area contributed by atoms with Crippen LogP contribution < -0.4 is 15.4 Å². The summed E-state index contributed by atoms with van der Waals surface area (Å²) in [6.45, 7) is 8.09. The van der Waals surface area contributed by atoms with Crippen molar-refractivity contribution in [3.8, 4) is 5.75 Å². The SMILES string of the molecule is CCC(CC)C(=O)N1CCC(NC(=NC)NCC(C)Oc2ccccc2F)CC1. The molecule has 0 aromatic heterocycles. The highest BCUT2D eigenvalue weighted by atomic mass is 19.1. The second-order valence-electron chi connectivity index (χ2n) is 7.57. The standard InChI is InChI=1S/C22H35FN4O2/c1-5-17(6-2)21(28)27-13-11-18(12-14-27)26-22(24-4)25-15-16(3)29-20-10-8-7-9-19(20)23/h7-10,16-18H,5-6,11-15H2,1-4H3,(H2,24,25,26). The number of para-hydroxylation sites is 1. The van der Waals surface area contributed by atoms with Crippen LogP contribution in [0.2, 0.25) is 0 Å². The Hall–Kier alpha value is -2.31. The molecule has 1 aromatic rings. The number of guanidine groups is 1. The Bertz CT molecular complexity index is 671. The molecule has 1 saturated heterocycles. The number of benzene rings is 1. The Morgan fingerprint density at radius 2 is 1.93 bits per heavy atom. The summed E-state index contributed by atoms with van der Waals surface area (Å²) in [5.74, 6) is 1.01. The van der Waals surface area contributed by atoms with Gasteiger partial charge in [-0.15, -0.1) is 0 Å². The molecule has 6 nitrogen and oxygen atoms in total. The molecule has 0 bridgehead atoms. The lowest BCUT2D eigenvalue weighted by Crippen LogP contribution is -2.51. The molecule has 162 valence electrons. The second-order valence-corrected chi connectivity index (χ2v) is 7.57. The van der Waals surface area contributed by atoms with E-state index in [0.29, 0.717) is 12.5 Å². The summed E-state index contributed by atoms with van der Waals surface area (Å²) in [4.78, 5) is 18.8. The number of ether oxygens (including phenoxy) is 1. The monoisotopic (exact) mass is 406 g/mol. The minimum absolute atomic E-state index is 0.143. The molecule has 0 aliphatic carbocycles. The first kappa shape index (κ1) is 23.0. The van der Waals surface area contributed by atoms with Gasteiger partial charge in [-0.1, -0.05) is 26.0 Å². The summed E-state index contributed by atoms with van der Waals surface area (Å²) < 4.78 is 19.3. The maximum Gasteiger partial charge on any atom is 0.225 e. The lowest BCUT2D eigenvalue weighted by atomic mass is 9.98. The molecule has 1 amide bonds. The number of hydrogen-bond acceptors (Lipinski definition) is 3. The van der Waals surface area contributed by atoms with E-state index < -0.39 is 0 Å². The van der Waals surface area contributed by atoms with Crippen molar-refractivity contribution in [1.82, 2.24) is 15.5 Å². The number of nitrogens with zero attached hydrogens (tertiary/aromatic N) is 2. The number of hydrogen-bond donors (Lipinski definition) is 2. The largest absolute Gasteiger partial charge is 0.486 e. The maximum atomic E-state index is 13.7. The third kappa shape index (κ3) is 6.91. The van der Waals surface area contributed by atoms with Crippen LogP contribution in [0.5, 0.6) is 5.75 Å². The Balaban J connectivity index is 1.75. The third-order valence-electron chi connectivity index (χ3n) is 5.43. The number of halogens is 1. The van der Waals surface area contributed by atoms with Crippen LogP contribution in [0.4, 0.5) is 4.39 Å². The van der Waals surface area contributed by atoms with Crippen molar-refractivity contribution in [3.63, 3.8) is 0 Å². The van der Waals surface area contributed by atoms with Crippen molar-refractivity contribution in [2.75, 3.05) is 26.7 Å². The summed E-state index contributed by atoms with van der Waals surface area (Å²) in [7, 11) is 1.73. The normalized spacial score (nSPS) is 16.6. The van der Waals surface area contributed by atoms with Gasteiger partial charge in [0.05, 0.1) is 6.54 Å². The molecule has 29 heavy (non-hydrogen) atoms. The Kier molecular flexibility index (Phi) is 9.22. The topological polar surface area (TPSA) is 66.0 Å². The molecule has 2 N–H and O–H groups in total. The van der Waals surface area contributed by atoms with Gasteiger partial charge in [-0.25, -0.2) is 4.39 Å². The molecule has 1 aromatic carbocycles. The number of likely N-dealkylation sites (tertiary alicyclic amines) is 1. The van der Waals surface area contributed by atoms with Gasteiger partial charge in [-0.2, -0.15) is 0 Å². The summed E-state index contributed by atoms with van der Waals surface area (Å²) in [5, 5.41) is 6.66. The van der Waals surface area contributed by atoms with Gasteiger partial charge in [0.1, 0.15) is 6.10 Å². The molecule has 1 unspecified atom stereocenters. The molecule has 1 fully saturated rings. The van der Waals surface area contributed by atoms with Gasteiger partial charge in [-0.05, 0) is 44.7 Å². The van der Waals surface area contributed by atoms with E-state index in [1.807, 2.05) is 11.8 Å². The molecule has 0 saturated carbocycles. The van der Waals surface area contributed by atoms with Crippen molar-refractivity contribution in [1.29, 1.82) is 0 Å². The number of piperidine rings is 1. The first-order valence-electron chi connectivity index (χ1n) is 10.7. The van der Waals surface area contributed by atoms with Gasteiger partial charge in [-0.3, -0.25) is 9.79 Å². The van der Waals surface area contributed by atoms with Crippen molar-refractivity contribution in [3.05, 3.63) is 30.1 Å². The predicted molar refractivity (Wildman–Crippen MR) is 115 cm³/mol. The van der Waals surface area contributed by atoms with Crippen LogP contribution in [0.15, 0.2) is 29.3 Å². The first-order valence-corrected chi connectivity index (χ1v) is 10.7. The second kappa shape index (κ2) is 11.6. The Morgan fingerprint density at radius 3 is 2.52 bits per heavy atom. The van der Waals surface area contributed by atoms with E-state index in [4.69, 9.17) is 4.74 Å². The van der Waals surface area contributed by atoms with E-state index in [9.17, 15) is 9.18 Å². The van der Waals surface area contributed by atoms with Crippen molar-refractivity contribution in [2.24, 2.45) is 10.9 Å². The molecule has 7 heteroatoms. The van der Waals surface area contributed by atoms with Crippen LogP contribution in [0.3, 0.4) is 0 Å². The van der Waals surface area contributed by atoms with Gasteiger partial charge in [0.2, 0.25) is 5.91 Å². The van der Waals surface area contributed by atoms with Gasteiger partial charge in [0, 0.05) is 32.1 Å². The fraction of sp³-hybridized carbons (Fsp3) is 0.636. The number of carbonyl (C=O) groups is 1. The average molecular weight is 407 g/mol. The first-order chi connectivity index (χ1) is 14.0. The summed E-state index contributed by atoms with van der Waals surface area (Å²) >= 11 is 0. The van der Waals surface area contributed by atoms with Crippen LogP contribution in [0.1, 0.15) is 46.5 Å². The minimum atomic E-state index is -0.364. The Labute approximate surface area is 173 Å². The molecule has 1 aliphatic rings. The zero-order valence-electron chi connectivity index (χ0n) is 18.1. The fourth-order valence-corrected chi connectivity index (χ4v) is 3.57. The molecule has 2 rings (SSSR count). The lowest BCUT2D eigenvalue weighted by molar-refractivity contribution is -0.136. The molecule has 0 spiro atoms. The fourth-order valence-electron chi connectivity index (χ4n) is 3.57. The Morgan fingerprint density at radius 1 is 1.28 bits per heavy atom. The average Bonchev–Trinajstić information content (AvgIpc) is 2.74. The molecule has 1 atom stereocenters. The number of rotatable bonds is 8. The highest BCUT2D eigenvalue weighted by Gasteiger charge is 2.26. The van der Waals surface area contributed by atoms with Gasteiger partial charge in [0.25, 0.3) is 0 Å². The molecule has 1 aliphatic heterocycles. The molecule has 1 heterocycles. The van der Waals surface area contributed by atoms with Gasteiger partial charge < -0.3 is 20.3 Å². The number of aliphatic imine (C=N–C) groups is 1. The maximum absolute atomic E-state index is 13.7. The number of nitrogens with one attached hydrogen (secondary N) is 2. The van der Waals surface area contributed by atoms with Crippen molar-refractivity contribution in [2.45, 2.75) is 58.6 Å². The zero-order valence-corrected chi connectivity index (χ0v) is 18.1. The third-order valence-corrected chi connectivity index (χ3v) is 5.43. The van der Waals surface area contributed by atoms with Crippen LogP contribution in [0.25, 0.3) is 0 Å². The smallest absolute Gasteiger partial charge is 0.225 e. The van der Waals surface area contributed by atoms with Gasteiger partial charge in [0.15, 0.2) is 17.5 Å². The van der Waals surface area contributed by atoms with Crippen LogP contribution in [0, 0.1) is 11.7 Å². The van der Waals surface area contributed by atoms with E-state index in [0.717, 1.165) is 38.8 Å². The summed E-state index contributed by atoms with van der Waals surface area (Å²) in [6, 6.07) is 6.67. The van der Waals surface area contributed by atoms with E-state index in [1.54, 1.807) is 25.2 Å². The molecular weight excluding hydrogens is 371 g/mol. The van der Waals surface area contributed by atoms with E-state index >= 15 is 0 Å². The van der Waals surface area contributed by atoms with E-state index in [1.165, 1.54) is 6.07 Å². The van der Waals surface area contributed by atoms with Crippen LogP contribution in [-0.2, 0) is 4.79 Å². The summed E-state index contributed by atoms with van der Waals surface area (Å²) in [6.07, 6.45) is 3.38. The zero-order chi connectivity index (χ0) is 21.2. The van der Waals surface area contributed by atoms with Crippen LogP contribution in [-0.4, -0.2) is 55.6 Å². The number of amides is 1.